The number of thiazole rings is 1. The number of nitrogens with zero attached hydrogens (tertiary/aromatic N) is 2. The van der Waals surface area contributed by atoms with Gasteiger partial charge in [-0.15, -0.1) is 11.3 Å². The van der Waals surface area contributed by atoms with Crippen LogP contribution in [0.3, 0.4) is 0 Å². The quantitative estimate of drug-likeness (QED) is 0.789. The van der Waals surface area contributed by atoms with Crippen molar-refractivity contribution >= 4 is 11.3 Å². The first-order valence-electron chi connectivity index (χ1n) is 6.61. The number of hydrogen-bond acceptors (Lipinski definition) is 4. The van der Waals surface area contributed by atoms with E-state index in [-0.39, 0.29) is 0 Å². The molecule has 96 valence electrons. The maximum absolute atomic E-state index is 4.44. The molecule has 2 heterocycles. The van der Waals surface area contributed by atoms with Crippen molar-refractivity contribution in [3.63, 3.8) is 0 Å². The van der Waals surface area contributed by atoms with E-state index in [0.717, 1.165) is 13.1 Å². The van der Waals surface area contributed by atoms with Crippen molar-refractivity contribution in [2.75, 3.05) is 26.2 Å². The SMILES string of the molecule is Cc1nc(C)c(CNCCCN2CCCC2)s1. The van der Waals surface area contributed by atoms with Crippen molar-refractivity contribution in [3.05, 3.63) is 15.6 Å². The van der Waals surface area contributed by atoms with Crippen LogP contribution in [0.2, 0.25) is 0 Å². The summed E-state index contributed by atoms with van der Waals surface area (Å²) in [4.78, 5) is 8.41. The summed E-state index contributed by atoms with van der Waals surface area (Å²) in [6.45, 7) is 10.2. The zero-order chi connectivity index (χ0) is 12.1. The van der Waals surface area contributed by atoms with Crippen LogP contribution in [0, 0.1) is 13.8 Å². The van der Waals surface area contributed by atoms with E-state index in [2.05, 4.69) is 29.0 Å². The highest BCUT2D eigenvalue weighted by Crippen LogP contribution is 2.16. The fourth-order valence-electron chi connectivity index (χ4n) is 2.37. The zero-order valence-electron chi connectivity index (χ0n) is 11.0. The van der Waals surface area contributed by atoms with E-state index in [9.17, 15) is 0 Å². The van der Waals surface area contributed by atoms with Gasteiger partial charge in [0.05, 0.1) is 10.7 Å². The average Bonchev–Trinajstić information content (AvgIpc) is 2.89. The van der Waals surface area contributed by atoms with Crippen molar-refractivity contribution in [1.29, 1.82) is 0 Å². The van der Waals surface area contributed by atoms with Gasteiger partial charge in [-0.05, 0) is 59.3 Å². The van der Waals surface area contributed by atoms with Gasteiger partial charge in [-0.1, -0.05) is 0 Å². The normalized spacial score (nSPS) is 16.8. The second-order valence-corrected chi connectivity index (χ2v) is 6.11. The topological polar surface area (TPSA) is 28.2 Å². The minimum Gasteiger partial charge on any atom is -0.312 e. The molecule has 4 heteroatoms. The Morgan fingerprint density at radius 2 is 2.06 bits per heavy atom. The van der Waals surface area contributed by atoms with E-state index in [0.29, 0.717) is 0 Å². The van der Waals surface area contributed by atoms with Crippen molar-refractivity contribution in [3.8, 4) is 0 Å². The van der Waals surface area contributed by atoms with Gasteiger partial charge in [0, 0.05) is 11.4 Å². The Bertz CT molecular complexity index is 342. The van der Waals surface area contributed by atoms with Crippen molar-refractivity contribution < 1.29 is 0 Å². The lowest BCUT2D eigenvalue weighted by Crippen LogP contribution is -2.24. The fourth-order valence-corrected chi connectivity index (χ4v) is 3.28. The van der Waals surface area contributed by atoms with Gasteiger partial charge in [-0.3, -0.25) is 0 Å². The molecule has 17 heavy (non-hydrogen) atoms. The molecule has 1 aromatic heterocycles. The van der Waals surface area contributed by atoms with E-state index >= 15 is 0 Å². The summed E-state index contributed by atoms with van der Waals surface area (Å²) >= 11 is 1.81. The molecule has 3 nitrogen and oxygen atoms in total. The Morgan fingerprint density at radius 3 is 2.71 bits per heavy atom. The molecule has 0 unspecified atom stereocenters. The third-order valence-electron chi connectivity index (χ3n) is 3.31. The molecule has 1 aromatic rings. The Balaban J connectivity index is 1.58. The molecular formula is C13H23N3S. The maximum atomic E-state index is 4.44. The highest BCUT2D eigenvalue weighted by atomic mass is 32.1. The Hall–Kier alpha value is -0.450. The minimum absolute atomic E-state index is 0.983. The number of nitrogens with one attached hydrogen (secondary N) is 1. The third-order valence-corrected chi connectivity index (χ3v) is 4.38. The number of rotatable bonds is 6. The first-order chi connectivity index (χ1) is 8.25. The summed E-state index contributed by atoms with van der Waals surface area (Å²) in [7, 11) is 0. The van der Waals surface area contributed by atoms with Gasteiger partial charge >= 0.3 is 0 Å². The number of aryl methyl sites for hydroxylation is 2. The van der Waals surface area contributed by atoms with E-state index < -0.39 is 0 Å². The van der Waals surface area contributed by atoms with E-state index in [1.807, 2.05) is 11.3 Å². The third kappa shape index (κ3) is 4.05. The van der Waals surface area contributed by atoms with Gasteiger partial charge in [-0.25, -0.2) is 4.98 Å². The summed E-state index contributed by atoms with van der Waals surface area (Å²) < 4.78 is 0. The monoisotopic (exact) mass is 253 g/mol. The van der Waals surface area contributed by atoms with Crippen molar-refractivity contribution in [1.82, 2.24) is 15.2 Å². The molecule has 0 aromatic carbocycles. The van der Waals surface area contributed by atoms with E-state index in [4.69, 9.17) is 0 Å². The number of aromatic nitrogens is 1. The minimum atomic E-state index is 0.983. The van der Waals surface area contributed by atoms with Crippen LogP contribution in [-0.2, 0) is 6.54 Å². The molecule has 0 bridgehead atoms. The molecule has 2 rings (SSSR count). The molecule has 1 N–H and O–H groups in total. The standard InChI is InChI=1S/C13H23N3S/c1-11-13(17-12(2)15-11)10-14-6-5-9-16-7-3-4-8-16/h14H,3-10H2,1-2H3. The van der Waals surface area contributed by atoms with Crippen LogP contribution >= 0.6 is 11.3 Å². The van der Waals surface area contributed by atoms with Crippen LogP contribution in [-0.4, -0.2) is 36.1 Å². The fraction of sp³-hybridized carbons (Fsp3) is 0.769. The molecule has 0 radical (unpaired) electrons. The lowest BCUT2D eigenvalue weighted by atomic mass is 10.3. The zero-order valence-corrected chi connectivity index (χ0v) is 11.8. The average molecular weight is 253 g/mol. The molecule has 1 aliphatic heterocycles. The van der Waals surface area contributed by atoms with Crippen LogP contribution in [0.1, 0.15) is 34.8 Å². The molecule has 0 aliphatic carbocycles. The summed E-state index contributed by atoms with van der Waals surface area (Å²) in [5, 5.41) is 4.70. The summed E-state index contributed by atoms with van der Waals surface area (Å²) in [5.74, 6) is 0. The van der Waals surface area contributed by atoms with Gasteiger partial charge in [0.15, 0.2) is 0 Å². The molecule has 0 saturated carbocycles. The first-order valence-corrected chi connectivity index (χ1v) is 7.43. The summed E-state index contributed by atoms with van der Waals surface area (Å²) in [6, 6.07) is 0. The molecule has 1 saturated heterocycles. The van der Waals surface area contributed by atoms with Gasteiger partial charge in [-0.2, -0.15) is 0 Å². The van der Waals surface area contributed by atoms with Crippen molar-refractivity contribution in [2.45, 2.75) is 39.7 Å². The second-order valence-electron chi connectivity index (χ2n) is 4.82. The predicted molar refractivity (Wildman–Crippen MR) is 73.6 cm³/mol. The van der Waals surface area contributed by atoms with E-state index in [1.165, 1.54) is 54.5 Å². The summed E-state index contributed by atoms with van der Waals surface area (Å²) in [5.41, 5.74) is 1.19. The first kappa shape index (κ1) is 13.0. The summed E-state index contributed by atoms with van der Waals surface area (Å²) in [6.07, 6.45) is 4.05. The van der Waals surface area contributed by atoms with E-state index in [1.54, 1.807) is 0 Å². The smallest absolute Gasteiger partial charge is 0.0900 e. The van der Waals surface area contributed by atoms with Gasteiger partial charge in [0.25, 0.3) is 0 Å². The lowest BCUT2D eigenvalue weighted by molar-refractivity contribution is 0.331. The number of hydrogen-bond donors (Lipinski definition) is 1. The van der Waals surface area contributed by atoms with Crippen LogP contribution in [0.15, 0.2) is 0 Å². The van der Waals surface area contributed by atoms with Crippen LogP contribution in [0.25, 0.3) is 0 Å². The maximum Gasteiger partial charge on any atom is 0.0900 e. The van der Waals surface area contributed by atoms with Crippen LogP contribution < -0.4 is 5.32 Å². The van der Waals surface area contributed by atoms with Crippen LogP contribution in [0.5, 0.6) is 0 Å². The Morgan fingerprint density at radius 1 is 1.29 bits per heavy atom. The number of likely N-dealkylation sites (tertiary alicyclic amines) is 1. The van der Waals surface area contributed by atoms with Gasteiger partial charge in [0.2, 0.25) is 0 Å². The Kier molecular flexibility index (Phi) is 4.95. The second kappa shape index (κ2) is 6.47. The largest absolute Gasteiger partial charge is 0.312 e. The highest BCUT2D eigenvalue weighted by Gasteiger charge is 2.10. The molecule has 1 aliphatic rings. The van der Waals surface area contributed by atoms with Gasteiger partial charge in [0.1, 0.15) is 0 Å². The lowest BCUT2D eigenvalue weighted by Gasteiger charge is -2.14. The predicted octanol–water partition coefficient (Wildman–Crippen LogP) is 2.34. The highest BCUT2D eigenvalue weighted by molar-refractivity contribution is 7.11. The molecule has 0 amide bonds. The van der Waals surface area contributed by atoms with Gasteiger partial charge < -0.3 is 10.2 Å². The van der Waals surface area contributed by atoms with Crippen LogP contribution in [0.4, 0.5) is 0 Å². The van der Waals surface area contributed by atoms with Crippen molar-refractivity contribution in [2.24, 2.45) is 0 Å². The molecule has 0 spiro atoms. The molecular weight excluding hydrogens is 230 g/mol. The molecule has 0 atom stereocenters. The Labute approximate surface area is 108 Å². The molecule has 1 fully saturated rings.